The summed E-state index contributed by atoms with van der Waals surface area (Å²) >= 11 is 6.48. The van der Waals surface area contributed by atoms with Gasteiger partial charge in [0, 0.05) is 29.8 Å². The number of alkyl halides is 1. The number of ketones is 1. The molecule has 0 radical (unpaired) electrons. The van der Waals surface area contributed by atoms with Crippen LogP contribution in [0.3, 0.4) is 0 Å². The minimum Gasteiger partial charge on any atom is -0.475 e. The number of halogens is 2. The lowest BCUT2D eigenvalue weighted by atomic mass is 9.71. The third-order valence-electron chi connectivity index (χ3n) is 7.25. The molecule has 0 amide bonds. The smallest absolute Gasteiger partial charge is 0.348 e. The van der Waals surface area contributed by atoms with Crippen molar-refractivity contribution in [3.63, 3.8) is 0 Å². The number of carbonyl (C=O) groups excluding carboxylic acids is 1. The Hall–Kier alpha value is -3.13. The number of carbonyl (C=O) groups is 1. The van der Waals surface area contributed by atoms with Gasteiger partial charge in [0.05, 0.1) is 16.5 Å². The molecule has 1 atom stereocenters. The summed E-state index contributed by atoms with van der Waals surface area (Å²) < 4.78 is 19.7. The van der Waals surface area contributed by atoms with E-state index in [0.29, 0.717) is 41.3 Å². The number of hydrogen-bond donors (Lipinski definition) is 1. The molecule has 1 fully saturated rings. The van der Waals surface area contributed by atoms with Crippen LogP contribution in [0.1, 0.15) is 70.8 Å². The van der Waals surface area contributed by atoms with Gasteiger partial charge in [-0.05, 0) is 56.4 Å². The van der Waals surface area contributed by atoms with Crippen LogP contribution in [-0.4, -0.2) is 38.5 Å². The van der Waals surface area contributed by atoms with Crippen molar-refractivity contribution in [2.75, 3.05) is 6.67 Å². The number of benzene rings is 1. The highest BCUT2D eigenvalue weighted by atomic mass is 35.5. The maximum absolute atomic E-state index is 13.9. The van der Waals surface area contributed by atoms with Crippen LogP contribution in [0.2, 0.25) is 5.02 Å². The first-order valence-electron chi connectivity index (χ1n) is 13.3. The van der Waals surface area contributed by atoms with Crippen LogP contribution < -0.4 is 10.4 Å². The first-order valence-corrected chi connectivity index (χ1v) is 13.7. The molecular weight excluding hydrogens is 507 g/mol. The van der Waals surface area contributed by atoms with Crippen molar-refractivity contribution < 1.29 is 13.9 Å². The van der Waals surface area contributed by atoms with Crippen LogP contribution in [0.5, 0.6) is 5.88 Å². The third-order valence-corrected chi connectivity index (χ3v) is 7.58. The van der Waals surface area contributed by atoms with Crippen molar-refractivity contribution in [1.29, 1.82) is 0 Å². The summed E-state index contributed by atoms with van der Waals surface area (Å²) in [5, 5.41) is 0.402. The predicted molar refractivity (Wildman–Crippen MR) is 146 cm³/mol. The van der Waals surface area contributed by atoms with E-state index in [1.165, 1.54) is 0 Å². The standard InChI is InChI=1S/C29H34ClFN4O3/c1-3-7-19(2)38-25-13-10-21(17-32-25)26-33-27(35-28(37)34-26)22-16-20(8-11-23(22)30)9-12-24(36)29(18-31)14-5-4-6-15-29/h8,10-11,13,16-17,19H,3-7,9,12,14-15,18H2,1-2H3,(H,33,34,35,37)/t19-/m0/s1. The number of hydrogen-bond acceptors (Lipinski definition) is 6. The predicted octanol–water partition coefficient (Wildman–Crippen LogP) is 6.54. The Morgan fingerprint density at radius 2 is 1.97 bits per heavy atom. The van der Waals surface area contributed by atoms with E-state index in [0.717, 1.165) is 37.7 Å². The largest absolute Gasteiger partial charge is 0.475 e. The molecule has 0 bridgehead atoms. The zero-order valence-corrected chi connectivity index (χ0v) is 22.7. The fourth-order valence-corrected chi connectivity index (χ4v) is 5.25. The van der Waals surface area contributed by atoms with E-state index in [1.807, 2.05) is 19.1 Å². The van der Waals surface area contributed by atoms with Crippen LogP contribution >= 0.6 is 11.6 Å². The SMILES string of the molecule is CCC[C@H](C)Oc1ccc(-c2nc(-c3cc(CCC(=O)C4(CF)CCCCC4)ccc3Cl)[nH]c(=O)n2)cn1. The maximum Gasteiger partial charge on any atom is 0.348 e. The number of aromatic amines is 1. The van der Waals surface area contributed by atoms with E-state index in [9.17, 15) is 14.0 Å². The average Bonchev–Trinajstić information content (AvgIpc) is 2.93. The van der Waals surface area contributed by atoms with Gasteiger partial charge in [-0.15, -0.1) is 0 Å². The minimum absolute atomic E-state index is 0.0158. The van der Waals surface area contributed by atoms with Crippen LogP contribution in [0.15, 0.2) is 41.3 Å². The normalized spacial score (nSPS) is 15.7. The number of nitrogens with one attached hydrogen (secondary N) is 1. The van der Waals surface area contributed by atoms with Crippen molar-refractivity contribution in [3.05, 3.63) is 57.6 Å². The molecule has 7 nitrogen and oxygen atoms in total. The topological polar surface area (TPSA) is 97.8 Å². The van der Waals surface area contributed by atoms with Gasteiger partial charge in [-0.1, -0.05) is 50.3 Å². The summed E-state index contributed by atoms with van der Waals surface area (Å²) in [6.07, 6.45) is 8.37. The van der Waals surface area contributed by atoms with Crippen LogP contribution in [0, 0.1) is 5.41 Å². The van der Waals surface area contributed by atoms with Crippen LogP contribution in [0.25, 0.3) is 22.8 Å². The second-order valence-corrected chi connectivity index (χ2v) is 10.5. The Kier molecular flexibility index (Phi) is 9.26. The Balaban J connectivity index is 1.53. The van der Waals surface area contributed by atoms with Gasteiger partial charge in [0.1, 0.15) is 18.3 Å². The molecule has 4 rings (SSSR count). The fraction of sp³-hybridized carbons (Fsp3) is 0.483. The molecule has 2 heterocycles. The summed E-state index contributed by atoms with van der Waals surface area (Å²) in [5.74, 6) is 0.955. The molecule has 38 heavy (non-hydrogen) atoms. The molecule has 0 spiro atoms. The quantitative estimate of drug-likeness (QED) is 0.296. The van der Waals surface area contributed by atoms with Crippen molar-refractivity contribution in [2.24, 2.45) is 5.41 Å². The van der Waals surface area contributed by atoms with Crippen molar-refractivity contribution in [3.8, 4) is 28.7 Å². The molecule has 1 N–H and O–H groups in total. The summed E-state index contributed by atoms with van der Waals surface area (Å²) in [4.78, 5) is 40.9. The highest BCUT2D eigenvalue weighted by molar-refractivity contribution is 6.33. The molecule has 3 aromatic rings. The van der Waals surface area contributed by atoms with Gasteiger partial charge in [-0.25, -0.2) is 14.8 Å². The van der Waals surface area contributed by atoms with Crippen molar-refractivity contribution in [1.82, 2.24) is 19.9 Å². The van der Waals surface area contributed by atoms with Gasteiger partial charge in [-0.3, -0.25) is 14.2 Å². The van der Waals surface area contributed by atoms with Crippen molar-refractivity contribution >= 4 is 17.4 Å². The lowest BCUT2D eigenvalue weighted by Gasteiger charge is -2.33. The Morgan fingerprint density at radius 3 is 2.66 bits per heavy atom. The molecule has 0 unspecified atom stereocenters. The van der Waals surface area contributed by atoms with Gasteiger partial charge in [-0.2, -0.15) is 4.98 Å². The summed E-state index contributed by atoms with van der Waals surface area (Å²) in [5.41, 5.74) is 0.545. The first-order chi connectivity index (χ1) is 18.3. The van der Waals surface area contributed by atoms with E-state index >= 15 is 0 Å². The van der Waals surface area contributed by atoms with Gasteiger partial charge >= 0.3 is 5.69 Å². The van der Waals surface area contributed by atoms with E-state index in [2.05, 4.69) is 26.9 Å². The number of ether oxygens (including phenoxy) is 1. The van der Waals surface area contributed by atoms with Gasteiger partial charge in [0.15, 0.2) is 5.82 Å². The van der Waals surface area contributed by atoms with Gasteiger partial charge in [0.25, 0.3) is 0 Å². The highest BCUT2D eigenvalue weighted by Crippen LogP contribution is 2.39. The fourth-order valence-electron chi connectivity index (χ4n) is 5.04. The lowest BCUT2D eigenvalue weighted by Crippen LogP contribution is -2.35. The number of rotatable bonds is 11. The lowest BCUT2D eigenvalue weighted by molar-refractivity contribution is -0.131. The minimum atomic E-state index is -0.830. The first kappa shape index (κ1) is 27.9. The number of nitrogens with zero attached hydrogens (tertiary/aromatic N) is 3. The molecule has 1 aromatic carbocycles. The Labute approximate surface area is 227 Å². The zero-order valence-electron chi connectivity index (χ0n) is 21.9. The van der Waals surface area contributed by atoms with Crippen LogP contribution in [-0.2, 0) is 11.2 Å². The third kappa shape index (κ3) is 6.65. The van der Waals surface area contributed by atoms with E-state index < -0.39 is 17.8 Å². The number of Topliss-reactive ketones (excluding diaryl/α,β-unsaturated/α-hetero) is 1. The number of aryl methyl sites for hydroxylation is 1. The average molecular weight is 541 g/mol. The highest BCUT2D eigenvalue weighted by Gasteiger charge is 2.38. The molecule has 202 valence electrons. The van der Waals surface area contributed by atoms with E-state index in [4.69, 9.17) is 16.3 Å². The number of pyridine rings is 1. The van der Waals surface area contributed by atoms with E-state index in [1.54, 1.807) is 24.4 Å². The molecule has 1 aliphatic carbocycles. The number of aromatic nitrogens is 4. The summed E-state index contributed by atoms with van der Waals surface area (Å²) in [6, 6.07) is 8.85. The summed E-state index contributed by atoms with van der Waals surface area (Å²) in [6.45, 7) is 3.50. The maximum atomic E-state index is 13.9. The second kappa shape index (κ2) is 12.6. The van der Waals surface area contributed by atoms with Gasteiger partial charge < -0.3 is 4.74 Å². The molecule has 9 heteroatoms. The molecule has 2 aromatic heterocycles. The molecule has 1 aliphatic rings. The Bertz CT molecular complexity index is 1310. The Morgan fingerprint density at radius 1 is 1.18 bits per heavy atom. The monoisotopic (exact) mass is 540 g/mol. The van der Waals surface area contributed by atoms with Gasteiger partial charge in [0.2, 0.25) is 5.88 Å². The molecule has 0 saturated heterocycles. The number of H-pyrrole nitrogens is 1. The van der Waals surface area contributed by atoms with E-state index in [-0.39, 0.29) is 30.0 Å². The van der Waals surface area contributed by atoms with Crippen molar-refractivity contribution in [2.45, 2.75) is 77.7 Å². The second-order valence-electron chi connectivity index (χ2n) is 10.1. The van der Waals surface area contributed by atoms with Crippen LogP contribution in [0.4, 0.5) is 4.39 Å². The molecular formula is C29H34ClFN4O3. The zero-order chi connectivity index (χ0) is 27.1. The molecule has 1 saturated carbocycles. The molecule has 0 aliphatic heterocycles. The summed E-state index contributed by atoms with van der Waals surface area (Å²) in [7, 11) is 0.